The Morgan fingerprint density at radius 1 is 0.787 bits per heavy atom. The second kappa shape index (κ2) is 34.4. The van der Waals surface area contributed by atoms with Crippen molar-refractivity contribution >= 4 is 55.5 Å². The van der Waals surface area contributed by atoms with Gasteiger partial charge in [0.05, 0.1) is 81.7 Å². The number of hydrogen-bond acceptors (Lipinski definition) is 20. The molecule has 0 spiro atoms. The fourth-order valence-electron chi connectivity index (χ4n) is 13.2. The maximum Gasteiger partial charge on any atom is 0.524 e. The van der Waals surface area contributed by atoms with Crippen molar-refractivity contribution in [1.29, 1.82) is 0 Å². The molecule has 2 aromatic heterocycles. The Kier molecular flexibility index (Phi) is 26.9. The number of carbonyl (C=O) groups excluding carboxylic acids is 6. The van der Waals surface area contributed by atoms with Gasteiger partial charge in [0.2, 0.25) is 12.7 Å². The van der Waals surface area contributed by atoms with Crippen LogP contribution in [0.5, 0.6) is 5.75 Å². The van der Waals surface area contributed by atoms with Crippen molar-refractivity contribution < 1.29 is 130 Å². The lowest BCUT2D eigenvalue weighted by Gasteiger charge is -2.47. The summed E-state index contributed by atoms with van der Waals surface area (Å²) in [4.78, 5) is 125. The lowest BCUT2D eigenvalue weighted by Crippen LogP contribution is -2.62. The molecule has 5 N–H and O–H groups in total. The van der Waals surface area contributed by atoms with Gasteiger partial charge >= 0.3 is 56.9 Å². The number of halogens is 10. The van der Waals surface area contributed by atoms with E-state index in [-0.39, 0.29) is 26.9 Å². The quantitative estimate of drug-likeness (QED) is 0.00523. The van der Waals surface area contributed by atoms with Crippen LogP contribution in [0.1, 0.15) is 119 Å². The minimum Gasteiger partial charge on any atom is -0.481 e. The number of aromatic nitrogens is 3. The second-order valence-electron chi connectivity index (χ2n) is 28.2. The Morgan fingerprint density at radius 3 is 1.94 bits per heavy atom. The molecule has 0 aliphatic carbocycles. The minimum atomic E-state index is -5.36. The number of carboxylic acid groups (broad SMARTS) is 1. The number of ether oxygens (including phenoxy) is 6. The van der Waals surface area contributed by atoms with Crippen LogP contribution in [0.25, 0.3) is 11.3 Å². The predicted octanol–water partition coefficient (Wildman–Crippen LogP) is 10.6. The molecule has 2 bridgehead atoms. The summed E-state index contributed by atoms with van der Waals surface area (Å²) in [5.41, 5.74) is -6.80. The van der Waals surface area contributed by atoms with Gasteiger partial charge in [0.25, 0.3) is 0 Å². The molecule has 5 heterocycles. The van der Waals surface area contributed by atoms with Crippen LogP contribution in [0.4, 0.5) is 59.3 Å². The Hall–Kier alpha value is -9.40. The molecular weight excluding hydrogens is 1470 g/mol. The highest BCUT2D eigenvalue weighted by molar-refractivity contribution is 7.46. The number of amides is 2. The molecule has 0 saturated carbocycles. The van der Waals surface area contributed by atoms with Crippen LogP contribution < -0.4 is 20.2 Å². The lowest BCUT2D eigenvalue weighted by atomic mass is 9.75. The Morgan fingerprint density at radius 2 is 1.41 bits per heavy atom. The van der Waals surface area contributed by atoms with E-state index in [0.717, 1.165) is 64.3 Å². The average Bonchev–Trinajstić information content (AvgIpc) is 1.42. The highest BCUT2D eigenvalue weighted by atomic mass is 31.2. The third-order valence-electron chi connectivity index (χ3n) is 19.2. The molecule has 8 rings (SSSR count). The first-order valence-corrected chi connectivity index (χ1v) is 35.1. The van der Waals surface area contributed by atoms with Gasteiger partial charge < -0.3 is 48.3 Å². The summed E-state index contributed by atoms with van der Waals surface area (Å²) in [5, 5.41) is 15.7. The molecule has 6 atom stereocenters. The first-order chi connectivity index (χ1) is 50.4. The number of fused-ring (bicyclic) bond motifs is 2. The van der Waals surface area contributed by atoms with Crippen molar-refractivity contribution in [2.75, 3.05) is 58.8 Å². The molecular formula is C71H81F10N8O18P. The zero-order valence-electron chi connectivity index (χ0n) is 59.9. The SMILES string of the molecule is COC(=O)C[C@H](C(=O)NN(Cc1c(F)cc(-c2ccn(C(F)F)n2)cc1F)C[C@H](OC(=O)OCOC(=O)CC(C)(C)c1c(CC(=O)O)cc(C)cc1OP(=O)(O)O)[C@@H](CC(=O)[C@@H](NC(=O)OC)C(C)(C)C(F)(F)F)Cc1ccc(C#Cc2ccc(N3CC4CCC(C3)N4C3COC3)nc2)cc1)C(C)(C)C(F)(F)F. The molecule has 3 fully saturated rings. The topological polar surface area (TPSA) is 326 Å². The number of rotatable bonds is 31. The lowest BCUT2D eigenvalue weighted by molar-refractivity contribution is -0.231. The van der Waals surface area contributed by atoms with Crippen molar-refractivity contribution in [3.8, 4) is 28.8 Å². The second-order valence-corrected chi connectivity index (χ2v) is 29.3. The maximum atomic E-state index is 16.7. The summed E-state index contributed by atoms with van der Waals surface area (Å²) in [6, 6.07) is 12.6. The molecule has 37 heteroatoms. The van der Waals surface area contributed by atoms with E-state index in [0.29, 0.717) is 87.3 Å². The molecule has 108 heavy (non-hydrogen) atoms. The van der Waals surface area contributed by atoms with E-state index < -0.39 is 195 Å². The van der Waals surface area contributed by atoms with Crippen molar-refractivity contribution in [1.82, 2.24) is 35.4 Å². The van der Waals surface area contributed by atoms with Crippen LogP contribution in [-0.4, -0.2) is 178 Å². The zero-order valence-corrected chi connectivity index (χ0v) is 60.8. The van der Waals surface area contributed by atoms with Crippen LogP contribution in [0.15, 0.2) is 79.1 Å². The third-order valence-corrected chi connectivity index (χ3v) is 19.7. The number of alkyl carbamates (subject to hydrolysis) is 1. The monoisotopic (exact) mass is 1550 g/mol. The number of nitrogens with one attached hydrogen (secondary N) is 2. The number of anilines is 1. The average molecular weight is 1560 g/mol. The minimum absolute atomic E-state index is 0.0567. The number of aliphatic carboxylic acids is 1. The van der Waals surface area contributed by atoms with Gasteiger partial charge in [-0.05, 0) is 105 Å². The zero-order chi connectivity index (χ0) is 79.8. The molecule has 3 saturated heterocycles. The van der Waals surface area contributed by atoms with Gasteiger partial charge in [-0.25, -0.2) is 37.6 Å². The van der Waals surface area contributed by atoms with Gasteiger partial charge in [0.1, 0.15) is 35.3 Å². The van der Waals surface area contributed by atoms with E-state index in [1.54, 1.807) is 12.3 Å². The molecule has 5 aromatic rings. The molecule has 588 valence electrons. The van der Waals surface area contributed by atoms with E-state index in [9.17, 15) is 61.8 Å². The highest BCUT2D eigenvalue weighted by Crippen LogP contribution is 2.48. The predicted molar refractivity (Wildman–Crippen MR) is 361 cm³/mol. The van der Waals surface area contributed by atoms with E-state index in [4.69, 9.17) is 23.5 Å². The molecule has 3 aromatic carbocycles. The number of piperazine rings is 1. The summed E-state index contributed by atoms with van der Waals surface area (Å²) >= 11 is 0. The number of phosphoric acid groups is 1. The number of aryl methyl sites for hydroxylation is 1. The number of Topliss-reactive ketones (excluding diaryl/α,β-unsaturated/α-hetero) is 1. The maximum absolute atomic E-state index is 16.7. The molecule has 0 radical (unpaired) electrons. The number of pyridine rings is 1. The first-order valence-electron chi connectivity index (χ1n) is 33.6. The van der Waals surface area contributed by atoms with E-state index in [1.807, 2.05) is 11.4 Å². The summed E-state index contributed by atoms with van der Waals surface area (Å²) in [6.07, 6.45) is -16.6. The van der Waals surface area contributed by atoms with Gasteiger partial charge in [-0.15, -0.1) is 0 Å². The number of benzene rings is 3. The molecule has 26 nitrogen and oxygen atoms in total. The summed E-state index contributed by atoms with van der Waals surface area (Å²) in [7, 11) is -3.81. The Bertz CT molecular complexity index is 4180. The van der Waals surface area contributed by atoms with Gasteiger partial charge in [0.15, 0.2) is 5.78 Å². The number of methoxy groups -OCH3 is 2. The number of carbonyl (C=O) groups is 7. The molecule has 3 aliphatic heterocycles. The van der Waals surface area contributed by atoms with Crippen LogP contribution in [0.3, 0.4) is 0 Å². The number of phosphoric ester groups is 1. The summed E-state index contributed by atoms with van der Waals surface area (Å²) < 4.78 is 199. The van der Waals surface area contributed by atoms with Crippen LogP contribution >= 0.6 is 7.82 Å². The molecule has 3 aliphatic rings. The number of nitrogens with zero attached hydrogens (tertiary/aromatic N) is 6. The van der Waals surface area contributed by atoms with Gasteiger partial charge in [-0.3, -0.25) is 44.1 Å². The Labute approximate surface area is 613 Å². The fraction of sp³-hybridized carbons (Fsp3) is 0.507. The largest absolute Gasteiger partial charge is 0.524 e. The number of hydrazine groups is 1. The smallest absolute Gasteiger partial charge is 0.481 e. The van der Waals surface area contributed by atoms with E-state index in [1.165, 1.54) is 51.1 Å². The van der Waals surface area contributed by atoms with Crippen molar-refractivity contribution in [2.45, 2.75) is 155 Å². The van der Waals surface area contributed by atoms with Gasteiger partial charge in [0, 0.05) is 89.7 Å². The van der Waals surface area contributed by atoms with Crippen LogP contribution in [-0.2, 0) is 81.8 Å². The first kappa shape index (κ1) is 84.2. The molecule has 2 amide bonds. The number of carboxylic acids is 1. The van der Waals surface area contributed by atoms with Crippen molar-refractivity contribution in [3.63, 3.8) is 0 Å². The number of alkyl halides is 8. The Balaban J connectivity index is 1.19. The van der Waals surface area contributed by atoms with Gasteiger partial charge in [-0.2, -0.15) is 40.2 Å². The normalized spacial score (nSPS) is 17.0. The standard InChI is InChI=1S/C71H81F10N8O18P/c1-39-22-45(28-58(91)92)61(55(23-39)107-108(98,99)100)67(2,3)30-60(94)104-38-105-66(97)106-56(35-87(85-63(95)50(29-59(93)101-8)68(4,5)70(76,77)78)34-49-51(72)25-43(26-52(49)73)53-20-21-88(84-53)64(74)75)44(27-54(90)62(83-65(96)102-9)69(6,7)71(79,80)81)24-41-13-10-40(11-14-41)12-15-42-16-19-57(82-31-42)86-32-46-17-18-47(33-86)89(46)48-36-103-37-48/h10-11,13-14,16,19-23,25-26,31,44,46-48,50,56,62,64H,17-18,24,27-30,32-38H2,1-9H3,(H,83,96)(H,85,95)(H,91,92)(H2,98,99,100)/t44-,46?,47?,50-,56+,62-/m1/s1. The number of ketones is 1. The number of esters is 2. The van der Waals surface area contributed by atoms with E-state index >= 15 is 35.1 Å². The van der Waals surface area contributed by atoms with Gasteiger partial charge in [-0.1, -0.05) is 57.7 Å². The summed E-state index contributed by atoms with van der Waals surface area (Å²) in [6.45, 7) is 1.94. The number of hydrogen-bond donors (Lipinski definition) is 5. The van der Waals surface area contributed by atoms with Crippen molar-refractivity contribution in [2.24, 2.45) is 22.7 Å². The highest BCUT2D eigenvalue weighted by Gasteiger charge is 2.57. The summed E-state index contributed by atoms with van der Waals surface area (Å²) in [5.74, 6) is -8.45. The molecule has 2 unspecified atom stereocenters. The van der Waals surface area contributed by atoms with Crippen LogP contribution in [0, 0.1) is 53.1 Å². The third kappa shape index (κ3) is 21.3. The fourth-order valence-corrected chi connectivity index (χ4v) is 13.6. The van der Waals surface area contributed by atoms with Crippen molar-refractivity contribution in [3.05, 3.63) is 130 Å². The van der Waals surface area contributed by atoms with Crippen LogP contribution in [0.2, 0.25) is 0 Å². The van der Waals surface area contributed by atoms with E-state index in [2.05, 4.69) is 46.6 Å².